The lowest BCUT2D eigenvalue weighted by Crippen LogP contribution is -2.61. The molecule has 240 valence electrons. The molecule has 0 aromatic rings. The molecule has 1 rings (SSSR count). The van der Waals surface area contributed by atoms with E-state index in [1.54, 1.807) is 0 Å². The number of hydrogen-bond acceptors (Lipinski definition) is 15. The highest BCUT2D eigenvalue weighted by atomic mass is 31.2. The zero-order chi connectivity index (χ0) is 31.4. The summed E-state index contributed by atoms with van der Waals surface area (Å²) in [6.45, 7) is -2.71. The predicted octanol–water partition coefficient (Wildman–Crippen LogP) is -0.0652. The van der Waals surface area contributed by atoms with Crippen LogP contribution in [-0.4, -0.2) is 119 Å². The monoisotopic (exact) mass is 664 g/mol. The van der Waals surface area contributed by atoms with Gasteiger partial charge in [-0.1, -0.05) is 13.3 Å². The minimum Gasteiger partial charge on any atom is -0.480 e. The summed E-state index contributed by atoms with van der Waals surface area (Å²) in [4.78, 5) is 62.7. The van der Waals surface area contributed by atoms with Gasteiger partial charge in [0.1, 0.15) is 24.4 Å². The minimum atomic E-state index is -5.49. The Morgan fingerprint density at radius 3 is 1.54 bits per heavy atom. The molecular weight excluding hydrogens is 633 g/mol. The summed E-state index contributed by atoms with van der Waals surface area (Å²) >= 11 is 0. The summed E-state index contributed by atoms with van der Waals surface area (Å²) in [5.74, 6) is -5.13. The summed E-state index contributed by atoms with van der Waals surface area (Å²) in [5.41, 5.74) is 0. The summed E-state index contributed by atoms with van der Waals surface area (Å²) < 4.78 is 81.3. The van der Waals surface area contributed by atoms with Gasteiger partial charge in [0.25, 0.3) is 0 Å². The SMILES string of the molecule is CCCCOC[C@H]1OC(OC)[C@H](OP(=O)(O)OCC(=O)O)[C@@H](OP(=O)(O)OCC(=O)O)[C@@H]1OP(=O)(O)OCC(=O)O. The van der Waals surface area contributed by atoms with Crippen molar-refractivity contribution in [3.63, 3.8) is 0 Å². The number of carboxylic acid groups (broad SMARTS) is 3. The first-order valence-corrected chi connectivity index (χ1v) is 15.8. The number of carboxylic acids is 3. The van der Waals surface area contributed by atoms with Crippen molar-refractivity contribution in [1.82, 2.24) is 0 Å². The molecule has 0 spiro atoms. The summed E-state index contributed by atoms with van der Waals surface area (Å²) in [6, 6.07) is 0. The molecule has 0 aliphatic carbocycles. The molecule has 0 aromatic heterocycles. The van der Waals surface area contributed by atoms with Gasteiger partial charge in [-0.25, -0.2) is 28.1 Å². The quantitative estimate of drug-likeness (QED) is 0.0691. The number of aliphatic carboxylic acids is 3. The first-order valence-electron chi connectivity index (χ1n) is 11.3. The van der Waals surface area contributed by atoms with Gasteiger partial charge in [0.2, 0.25) is 0 Å². The van der Waals surface area contributed by atoms with Crippen molar-refractivity contribution in [1.29, 1.82) is 0 Å². The van der Waals surface area contributed by atoms with Crippen molar-refractivity contribution < 1.29 is 99.4 Å². The van der Waals surface area contributed by atoms with Gasteiger partial charge in [0, 0.05) is 13.7 Å². The standard InChI is InChI=1S/C17H31O21P3/c1-3-4-5-31-6-10-14(36-39(24,25)32-7-11(18)19)15(37-40(26,27)33-8-12(20)21)16(17(30-2)35-10)38-41(28,29)34-9-13(22)23/h10,14-17H,3-9H2,1-2H3,(H,18,19)(H,20,21)(H,22,23)(H,24,25)(H,26,27)(H,28,29)/t10-,14-,15+,16-,17?/m1/s1. The molecule has 1 heterocycles. The molecule has 0 radical (unpaired) electrons. The Bertz CT molecular complexity index is 1020. The second kappa shape index (κ2) is 17.0. The van der Waals surface area contributed by atoms with Crippen molar-refractivity contribution in [2.45, 2.75) is 50.5 Å². The van der Waals surface area contributed by atoms with Crippen LogP contribution in [0.3, 0.4) is 0 Å². The fraction of sp³-hybridized carbons (Fsp3) is 0.824. The molecule has 6 N–H and O–H groups in total. The molecule has 1 saturated heterocycles. The van der Waals surface area contributed by atoms with E-state index in [1.165, 1.54) is 0 Å². The van der Waals surface area contributed by atoms with E-state index in [-0.39, 0.29) is 6.61 Å². The van der Waals surface area contributed by atoms with Gasteiger partial charge in [0.15, 0.2) is 26.1 Å². The number of phosphoric acid groups is 3. The maximum absolute atomic E-state index is 12.6. The van der Waals surface area contributed by atoms with Gasteiger partial charge in [0.05, 0.1) is 6.61 Å². The highest BCUT2D eigenvalue weighted by Gasteiger charge is 2.55. The van der Waals surface area contributed by atoms with Crippen molar-refractivity contribution in [2.24, 2.45) is 0 Å². The van der Waals surface area contributed by atoms with E-state index in [0.29, 0.717) is 12.8 Å². The van der Waals surface area contributed by atoms with Gasteiger partial charge in [-0.3, -0.25) is 27.1 Å². The van der Waals surface area contributed by atoms with Crippen molar-refractivity contribution in [3.05, 3.63) is 0 Å². The van der Waals surface area contributed by atoms with Gasteiger partial charge in [-0.15, -0.1) is 0 Å². The van der Waals surface area contributed by atoms with Gasteiger partial charge in [-0.2, -0.15) is 0 Å². The van der Waals surface area contributed by atoms with Crippen molar-refractivity contribution >= 4 is 41.4 Å². The molecule has 0 amide bonds. The Hall–Kier alpha value is -1.38. The lowest BCUT2D eigenvalue weighted by atomic mass is 9.99. The Labute approximate surface area is 231 Å². The van der Waals surface area contributed by atoms with E-state index < -0.39 is 98.5 Å². The number of rotatable bonds is 21. The van der Waals surface area contributed by atoms with E-state index in [4.69, 9.17) is 43.1 Å². The number of carbonyl (C=O) groups is 3. The maximum Gasteiger partial charge on any atom is 0.473 e. The average Bonchev–Trinajstić information content (AvgIpc) is 2.86. The molecule has 4 unspecified atom stereocenters. The Kier molecular flexibility index (Phi) is 15.7. The van der Waals surface area contributed by atoms with E-state index >= 15 is 0 Å². The Balaban J connectivity index is 3.57. The van der Waals surface area contributed by atoms with Crippen LogP contribution in [0.4, 0.5) is 0 Å². The highest BCUT2D eigenvalue weighted by Crippen LogP contribution is 2.54. The second-order valence-electron chi connectivity index (χ2n) is 7.82. The zero-order valence-electron chi connectivity index (χ0n) is 21.5. The van der Waals surface area contributed by atoms with E-state index in [9.17, 15) is 42.8 Å². The van der Waals surface area contributed by atoms with Crippen LogP contribution < -0.4 is 0 Å². The second-order valence-corrected chi connectivity index (χ2v) is 12.0. The first kappa shape index (κ1) is 37.6. The van der Waals surface area contributed by atoms with Crippen LogP contribution in [0.25, 0.3) is 0 Å². The van der Waals surface area contributed by atoms with Crippen LogP contribution in [0.2, 0.25) is 0 Å². The normalized spacial score (nSPS) is 27.3. The lowest BCUT2D eigenvalue weighted by molar-refractivity contribution is -0.287. The third-order valence-electron chi connectivity index (χ3n) is 4.57. The molecule has 0 aromatic carbocycles. The molecule has 41 heavy (non-hydrogen) atoms. The van der Waals surface area contributed by atoms with Crippen LogP contribution >= 0.6 is 23.5 Å². The van der Waals surface area contributed by atoms with Crippen LogP contribution in [0.1, 0.15) is 19.8 Å². The number of ether oxygens (including phenoxy) is 3. The summed E-state index contributed by atoms with van der Waals surface area (Å²) in [7, 11) is -15.3. The molecule has 0 saturated carbocycles. The molecule has 8 atom stereocenters. The molecular formula is C17H31O21P3. The lowest BCUT2D eigenvalue weighted by Gasteiger charge is -2.45. The van der Waals surface area contributed by atoms with Crippen molar-refractivity contribution in [2.75, 3.05) is 40.1 Å². The smallest absolute Gasteiger partial charge is 0.473 e. The minimum absolute atomic E-state index is 0.105. The fourth-order valence-electron chi connectivity index (χ4n) is 2.97. The van der Waals surface area contributed by atoms with E-state index in [2.05, 4.69) is 13.6 Å². The largest absolute Gasteiger partial charge is 0.480 e. The third kappa shape index (κ3) is 14.6. The average molecular weight is 664 g/mol. The van der Waals surface area contributed by atoms with Gasteiger partial charge >= 0.3 is 41.4 Å². The molecule has 1 fully saturated rings. The predicted molar refractivity (Wildman–Crippen MR) is 126 cm³/mol. The number of hydrogen-bond donors (Lipinski definition) is 6. The topological polar surface area (TPSA) is 307 Å². The van der Waals surface area contributed by atoms with E-state index in [0.717, 1.165) is 7.11 Å². The van der Waals surface area contributed by atoms with Gasteiger partial charge in [-0.05, 0) is 6.42 Å². The van der Waals surface area contributed by atoms with Crippen molar-refractivity contribution in [3.8, 4) is 0 Å². The molecule has 24 heteroatoms. The molecule has 1 aliphatic rings. The third-order valence-corrected chi connectivity index (χ3v) is 7.46. The maximum atomic E-state index is 12.6. The number of unbranched alkanes of at least 4 members (excludes halogenated alkanes) is 1. The summed E-state index contributed by atoms with van der Waals surface area (Å²) in [5, 5.41) is 26.3. The van der Waals surface area contributed by atoms with Crippen LogP contribution in [0.5, 0.6) is 0 Å². The number of phosphoric ester groups is 3. The first-order chi connectivity index (χ1) is 18.9. The fourth-order valence-corrected chi connectivity index (χ4v) is 5.61. The van der Waals surface area contributed by atoms with Crippen LogP contribution in [0.15, 0.2) is 0 Å². The van der Waals surface area contributed by atoms with Crippen LogP contribution in [-0.2, 0) is 69.4 Å². The summed E-state index contributed by atoms with van der Waals surface area (Å²) in [6.07, 6.45) is -8.98. The highest BCUT2D eigenvalue weighted by molar-refractivity contribution is 7.48. The zero-order valence-corrected chi connectivity index (χ0v) is 24.2. The van der Waals surface area contributed by atoms with Gasteiger partial charge < -0.3 is 44.2 Å². The Morgan fingerprint density at radius 1 is 0.732 bits per heavy atom. The molecule has 21 nitrogen and oxygen atoms in total. The van der Waals surface area contributed by atoms with Crippen LogP contribution in [0, 0.1) is 0 Å². The number of methoxy groups -OCH3 is 1. The van der Waals surface area contributed by atoms with E-state index in [1.807, 2.05) is 6.92 Å². The molecule has 0 bridgehead atoms. The molecule has 1 aliphatic heterocycles. The Morgan fingerprint density at radius 2 is 1.15 bits per heavy atom.